The largest absolute Gasteiger partial charge is 0.238 e. The molecule has 1 saturated carbocycles. The minimum atomic E-state index is 0.619. The molecular weight excluding hydrogens is 198 g/mol. The van der Waals surface area contributed by atoms with E-state index in [-0.39, 0.29) is 0 Å². The Labute approximate surface area is 97.7 Å². The van der Waals surface area contributed by atoms with E-state index in [0.29, 0.717) is 5.92 Å². The zero-order valence-electron chi connectivity index (χ0n) is 9.94. The summed E-state index contributed by atoms with van der Waals surface area (Å²) in [6, 6.07) is 0. The highest BCUT2D eigenvalue weighted by Crippen LogP contribution is 2.27. The second-order valence-corrected chi connectivity index (χ2v) is 4.78. The van der Waals surface area contributed by atoms with Gasteiger partial charge in [-0.15, -0.1) is 5.10 Å². The van der Waals surface area contributed by atoms with Gasteiger partial charge in [-0.05, 0) is 12.8 Å². The van der Waals surface area contributed by atoms with Gasteiger partial charge in [0.25, 0.3) is 0 Å². The van der Waals surface area contributed by atoms with Crippen molar-refractivity contribution in [3.8, 4) is 0 Å². The van der Waals surface area contributed by atoms with Gasteiger partial charge in [-0.2, -0.15) is 5.10 Å². The fourth-order valence-corrected chi connectivity index (χ4v) is 2.56. The van der Waals surface area contributed by atoms with Crippen LogP contribution >= 0.6 is 0 Å². The summed E-state index contributed by atoms with van der Waals surface area (Å²) in [4.78, 5) is 4.36. The molecule has 1 aromatic rings. The number of aromatic nitrogens is 3. The molecule has 16 heavy (non-hydrogen) atoms. The molecule has 1 heterocycles. The fraction of sp³-hybridized carbons (Fsp3) is 0.769. The molecule has 1 fully saturated rings. The average Bonchev–Trinajstić information content (AvgIpc) is 2.37. The van der Waals surface area contributed by atoms with Crippen LogP contribution in [-0.4, -0.2) is 15.2 Å². The van der Waals surface area contributed by atoms with Crippen LogP contribution in [0.4, 0.5) is 0 Å². The van der Waals surface area contributed by atoms with Crippen LogP contribution in [-0.2, 0) is 0 Å². The van der Waals surface area contributed by atoms with E-state index >= 15 is 0 Å². The first-order chi connectivity index (χ1) is 7.97. The van der Waals surface area contributed by atoms with Crippen LogP contribution in [0.2, 0.25) is 0 Å². The third-order valence-electron chi connectivity index (χ3n) is 3.54. The second kappa shape index (κ2) is 6.56. The Morgan fingerprint density at radius 1 is 0.812 bits per heavy atom. The molecule has 0 saturated heterocycles. The van der Waals surface area contributed by atoms with Crippen molar-refractivity contribution in [2.45, 2.75) is 63.7 Å². The first kappa shape index (κ1) is 11.5. The van der Waals surface area contributed by atoms with E-state index in [9.17, 15) is 0 Å². The molecule has 3 nitrogen and oxygen atoms in total. The van der Waals surface area contributed by atoms with Gasteiger partial charge < -0.3 is 0 Å². The Kier molecular flexibility index (Phi) is 4.71. The molecule has 3 heteroatoms. The average molecular weight is 219 g/mol. The first-order valence-electron chi connectivity index (χ1n) is 6.59. The van der Waals surface area contributed by atoms with Crippen molar-refractivity contribution in [1.82, 2.24) is 15.2 Å². The summed E-state index contributed by atoms with van der Waals surface area (Å²) in [7, 11) is 0. The lowest BCUT2D eigenvalue weighted by Crippen LogP contribution is -2.04. The molecule has 0 atom stereocenters. The van der Waals surface area contributed by atoms with E-state index < -0.39 is 0 Å². The number of nitrogens with zero attached hydrogens (tertiary/aromatic N) is 3. The molecule has 1 aliphatic carbocycles. The highest BCUT2D eigenvalue weighted by atomic mass is 15.1. The van der Waals surface area contributed by atoms with Crippen molar-refractivity contribution >= 4 is 0 Å². The van der Waals surface area contributed by atoms with Gasteiger partial charge in [0, 0.05) is 5.92 Å². The van der Waals surface area contributed by atoms with E-state index in [1.54, 1.807) is 6.33 Å². The quantitative estimate of drug-likeness (QED) is 0.725. The molecule has 1 aromatic heterocycles. The maximum Gasteiger partial charge on any atom is 0.138 e. The standard InChI is InChI=1S/C13H21N3/c1-2-4-6-8-12(9-7-5-3-1)13-10-15-16-11-14-13/h10-12H,1-9H2. The van der Waals surface area contributed by atoms with Gasteiger partial charge in [0.05, 0.1) is 11.9 Å². The summed E-state index contributed by atoms with van der Waals surface area (Å²) < 4.78 is 0. The van der Waals surface area contributed by atoms with Crippen molar-refractivity contribution in [2.24, 2.45) is 0 Å². The van der Waals surface area contributed by atoms with Gasteiger partial charge >= 0.3 is 0 Å². The number of rotatable bonds is 1. The van der Waals surface area contributed by atoms with Gasteiger partial charge in [-0.1, -0.05) is 44.9 Å². The first-order valence-corrected chi connectivity index (χ1v) is 6.59. The van der Waals surface area contributed by atoms with Crippen LogP contribution in [0.15, 0.2) is 12.5 Å². The Bertz CT molecular complexity index is 276. The zero-order chi connectivity index (χ0) is 11.1. The predicted molar refractivity (Wildman–Crippen MR) is 64.1 cm³/mol. The maximum absolute atomic E-state index is 4.36. The minimum absolute atomic E-state index is 0.619. The lowest BCUT2D eigenvalue weighted by molar-refractivity contribution is 0.455. The summed E-state index contributed by atoms with van der Waals surface area (Å²) in [5, 5.41) is 7.70. The Morgan fingerprint density at radius 2 is 1.44 bits per heavy atom. The summed E-state index contributed by atoms with van der Waals surface area (Å²) in [5.74, 6) is 0.619. The van der Waals surface area contributed by atoms with Crippen LogP contribution in [0, 0.1) is 0 Å². The normalized spacial score (nSPS) is 20.5. The summed E-state index contributed by atoms with van der Waals surface area (Å²) in [6.45, 7) is 0. The molecule has 2 rings (SSSR count). The van der Waals surface area contributed by atoms with Crippen molar-refractivity contribution < 1.29 is 0 Å². The SMILES string of the molecule is c1nncc(C2CCCCCCCCC2)n1. The highest BCUT2D eigenvalue weighted by molar-refractivity contribution is 5.01. The van der Waals surface area contributed by atoms with Gasteiger partial charge in [-0.3, -0.25) is 0 Å². The molecule has 0 spiro atoms. The Hall–Kier alpha value is -0.990. The molecule has 1 aliphatic rings. The van der Waals surface area contributed by atoms with Crippen LogP contribution < -0.4 is 0 Å². The topological polar surface area (TPSA) is 38.7 Å². The lowest BCUT2D eigenvalue weighted by Gasteiger charge is -2.17. The predicted octanol–water partition coefficient (Wildman–Crippen LogP) is 3.48. The number of hydrogen-bond donors (Lipinski definition) is 0. The molecule has 0 bridgehead atoms. The third-order valence-corrected chi connectivity index (χ3v) is 3.54. The summed E-state index contributed by atoms with van der Waals surface area (Å²) in [6.07, 6.45) is 15.7. The minimum Gasteiger partial charge on any atom is -0.238 e. The van der Waals surface area contributed by atoms with Crippen LogP contribution in [0.1, 0.15) is 69.4 Å². The van der Waals surface area contributed by atoms with Gasteiger partial charge in [0.15, 0.2) is 0 Å². The third kappa shape index (κ3) is 3.54. The van der Waals surface area contributed by atoms with Gasteiger partial charge in [-0.25, -0.2) is 4.98 Å². The Balaban J connectivity index is 1.94. The summed E-state index contributed by atoms with van der Waals surface area (Å²) in [5.41, 5.74) is 1.15. The smallest absolute Gasteiger partial charge is 0.138 e. The molecule has 0 amide bonds. The van der Waals surface area contributed by atoms with Crippen LogP contribution in [0.3, 0.4) is 0 Å². The molecule has 0 aromatic carbocycles. The lowest BCUT2D eigenvalue weighted by atomic mass is 9.90. The van der Waals surface area contributed by atoms with Crippen LogP contribution in [0.25, 0.3) is 0 Å². The van der Waals surface area contributed by atoms with Crippen molar-refractivity contribution in [3.63, 3.8) is 0 Å². The molecular formula is C13H21N3. The molecule has 0 aliphatic heterocycles. The van der Waals surface area contributed by atoms with Crippen LogP contribution in [0.5, 0.6) is 0 Å². The maximum atomic E-state index is 4.36. The monoisotopic (exact) mass is 219 g/mol. The highest BCUT2D eigenvalue weighted by Gasteiger charge is 2.13. The zero-order valence-corrected chi connectivity index (χ0v) is 9.94. The molecule has 0 unspecified atom stereocenters. The van der Waals surface area contributed by atoms with Crippen molar-refractivity contribution in [2.75, 3.05) is 0 Å². The Morgan fingerprint density at radius 3 is 2.00 bits per heavy atom. The van der Waals surface area contributed by atoms with E-state index in [2.05, 4.69) is 15.2 Å². The van der Waals surface area contributed by atoms with Gasteiger partial charge in [0.2, 0.25) is 0 Å². The number of hydrogen-bond acceptors (Lipinski definition) is 3. The fourth-order valence-electron chi connectivity index (χ4n) is 2.56. The molecule has 0 N–H and O–H groups in total. The van der Waals surface area contributed by atoms with E-state index in [1.165, 1.54) is 57.8 Å². The van der Waals surface area contributed by atoms with E-state index in [4.69, 9.17) is 0 Å². The van der Waals surface area contributed by atoms with E-state index in [1.807, 2.05) is 6.20 Å². The van der Waals surface area contributed by atoms with Crippen molar-refractivity contribution in [1.29, 1.82) is 0 Å². The van der Waals surface area contributed by atoms with Gasteiger partial charge in [0.1, 0.15) is 6.33 Å². The molecule has 0 radical (unpaired) electrons. The summed E-state index contributed by atoms with van der Waals surface area (Å²) >= 11 is 0. The second-order valence-electron chi connectivity index (χ2n) is 4.78. The van der Waals surface area contributed by atoms with Crippen molar-refractivity contribution in [3.05, 3.63) is 18.2 Å². The molecule has 88 valence electrons. The van der Waals surface area contributed by atoms with E-state index in [0.717, 1.165) is 5.69 Å².